The number of halogens is 3. The monoisotopic (exact) mass is 172 g/mol. The summed E-state index contributed by atoms with van der Waals surface area (Å²) in [6, 6.07) is 1.26. The zero-order valence-electron chi connectivity index (χ0n) is 6.50. The average Bonchev–Trinajstić information content (AvgIpc) is 1.82. The minimum absolute atomic E-state index is 0.241. The van der Waals surface area contributed by atoms with Crippen LogP contribution in [-0.4, -0.2) is 0 Å². The molecule has 0 nitrogen and oxygen atoms in total. The molecule has 0 aliphatic heterocycles. The van der Waals surface area contributed by atoms with E-state index in [1.807, 2.05) is 0 Å². The van der Waals surface area contributed by atoms with E-state index in [4.69, 9.17) is 0 Å². The molecule has 0 radical (unpaired) electrons. The molecule has 0 heterocycles. The Bertz CT molecular complexity index is 306. The van der Waals surface area contributed by atoms with E-state index in [9.17, 15) is 13.2 Å². The van der Waals surface area contributed by atoms with E-state index in [1.165, 1.54) is 6.92 Å². The zero-order valence-corrected chi connectivity index (χ0v) is 6.50. The molecule has 0 aromatic heterocycles. The lowest BCUT2D eigenvalue weighted by Gasteiger charge is -2.03. The molecule has 0 saturated heterocycles. The van der Waals surface area contributed by atoms with Gasteiger partial charge >= 0.3 is 0 Å². The molecular formula is C9H7F3. The quantitative estimate of drug-likeness (QED) is 0.610. The first-order chi connectivity index (χ1) is 5.52. The van der Waals surface area contributed by atoms with Crippen molar-refractivity contribution in [2.75, 3.05) is 0 Å². The maximum Gasteiger partial charge on any atom is 0.136 e. The van der Waals surface area contributed by atoms with Gasteiger partial charge in [-0.2, -0.15) is 0 Å². The van der Waals surface area contributed by atoms with Gasteiger partial charge in [0.05, 0.1) is 0 Å². The van der Waals surface area contributed by atoms with Crippen LogP contribution in [0.25, 0.3) is 5.57 Å². The van der Waals surface area contributed by atoms with Gasteiger partial charge in [-0.25, -0.2) is 13.2 Å². The van der Waals surface area contributed by atoms with Gasteiger partial charge < -0.3 is 0 Å². The predicted octanol–water partition coefficient (Wildman–Crippen LogP) is 3.14. The fraction of sp³-hybridized carbons (Fsp3) is 0.111. The Labute approximate surface area is 68.3 Å². The SMILES string of the molecule is C=C(C)c1c(F)cc(F)cc1F. The van der Waals surface area contributed by atoms with Crippen LogP contribution in [-0.2, 0) is 0 Å². The van der Waals surface area contributed by atoms with Crippen molar-refractivity contribution in [3.63, 3.8) is 0 Å². The van der Waals surface area contributed by atoms with Gasteiger partial charge in [-0.1, -0.05) is 6.58 Å². The molecule has 0 aliphatic carbocycles. The molecule has 0 atom stereocenters. The molecule has 12 heavy (non-hydrogen) atoms. The summed E-state index contributed by atoms with van der Waals surface area (Å²) in [5, 5.41) is 0. The van der Waals surface area contributed by atoms with Gasteiger partial charge in [0, 0.05) is 17.7 Å². The minimum Gasteiger partial charge on any atom is -0.207 e. The fourth-order valence-corrected chi connectivity index (χ4v) is 0.950. The van der Waals surface area contributed by atoms with Crippen LogP contribution < -0.4 is 0 Å². The molecule has 0 aliphatic rings. The van der Waals surface area contributed by atoms with Gasteiger partial charge in [0.15, 0.2) is 0 Å². The molecule has 1 rings (SSSR count). The maximum absolute atomic E-state index is 12.8. The van der Waals surface area contributed by atoms with Crippen molar-refractivity contribution >= 4 is 5.57 Å². The second-order valence-electron chi connectivity index (χ2n) is 2.52. The number of benzene rings is 1. The first-order valence-corrected chi connectivity index (χ1v) is 3.33. The summed E-state index contributed by atoms with van der Waals surface area (Å²) in [5.74, 6) is -2.75. The first-order valence-electron chi connectivity index (χ1n) is 3.33. The molecule has 1 aromatic carbocycles. The lowest BCUT2D eigenvalue weighted by Crippen LogP contribution is -1.93. The maximum atomic E-state index is 12.8. The zero-order chi connectivity index (χ0) is 9.30. The highest BCUT2D eigenvalue weighted by molar-refractivity contribution is 5.62. The van der Waals surface area contributed by atoms with Crippen molar-refractivity contribution in [1.29, 1.82) is 0 Å². The summed E-state index contributed by atoms with van der Waals surface area (Å²) < 4.78 is 38.0. The Kier molecular flexibility index (Phi) is 2.22. The van der Waals surface area contributed by atoms with Crippen molar-refractivity contribution < 1.29 is 13.2 Å². The highest BCUT2D eigenvalue weighted by Crippen LogP contribution is 2.20. The van der Waals surface area contributed by atoms with E-state index in [1.54, 1.807) is 0 Å². The van der Waals surface area contributed by atoms with Gasteiger partial charge in [-0.3, -0.25) is 0 Å². The highest BCUT2D eigenvalue weighted by Gasteiger charge is 2.10. The highest BCUT2D eigenvalue weighted by atomic mass is 19.1. The van der Waals surface area contributed by atoms with Crippen LogP contribution in [0.2, 0.25) is 0 Å². The van der Waals surface area contributed by atoms with Gasteiger partial charge in [-0.05, 0) is 12.5 Å². The Balaban J connectivity index is 3.38. The largest absolute Gasteiger partial charge is 0.207 e. The summed E-state index contributed by atoms with van der Waals surface area (Å²) in [4.78, 5) is 0. The Morgan fingerprint density at radius 1 is 1.17 bits per heavy atom. The third-order valence-corrected chi connectivity index (χ3v) is 1.43. The molecule has 0 amide bonds. The van der Waals surface area contributed by atoms with Crippen LogP contribution in [0.1, 0.15) is 12.5 Å². The second-order valence-corrected chi connectivity index (χ2v) is 2.52. The molecule has 1 aromatic rings. The molecule has 0 unspecified atom stereocenters. The first kappa shape index (κ1) is 8.84. The molecule has 0 bridgehead atoms. The summed E-state index contributed by atoms with van der Waals surface area (Å²) in [6.45, 7) is 4.83. The van der Waals surface area contributed by atoms with Crippen molar-refractivity contribution in [2.45, 2.75) is 6.92 Å². The normalized spacial score (nSPS) is 10.0. The molecule has 0 N–H and O–H groups in total. The van der Waals surface area contributed by atoms with E-state index >= 15 is 0 Å². The minimum atomic E-state index is -0.921. The molecule has 3 heteroatoms. The van der Waals surface area contributed by atoms with E-state index in [0.717, 1.165) is 0 Å². The van der Waals surface area contributed by atoms with Crippen LogP contribution in [0.4, 0.5) is 13.2 Å². The lowest BCUT2D eigenvalue weighted by molar-refractivity contribution is 0.539. The van der Waals surface area contributed by atoms with E-state index < -0.39 is 17.5 Å². The van der Waals surface area contributed by atoms with Gasteiger partial charge in [-0.15, -0.1) is 0 Å². The third-order valence-electron chi connectivity index (χ3n) is 1.43. The van der Waals surface area contributed by atoms with Crippen molar-refractivity contribution in [1.82, 2.24) is 0 Å². The van der Waals surface area contributed by atoms with Gasteiger partial charge in [0.1, 0.15) is 17.5 Å². The molecule has 0 fully saturated rings. The lowest BCUT2D eigenvalue weighted by atomic mass is 10.1. The van der Waals surface area contributed by atoms with Crippen molar-refractivity contribution in [3.05, 3.63) is 41.7 Å². The van der Waals surface area contributed by atoms with Crippen LogP contribution in [0.15, 0.2) is 18.7 Å². The predicted molar refractivity (Wildman–Crippen MR) is 41.0 cm³/mol. The van der Waals surface area contributed by atoms with Crippen LogP contribution >= 0.6 is 0 Å². The summed E-state index contributed by atoms with van der Waals surface area (Å²) >= 11 is 0. The van der Waals surface area contributed by atoms with E-state index in [0.29, 0.717) is 12.1 Å². The van der Waals surface area contributed by atoms with Crippen LogP contribution in [0.3, 0.4) is 0 Å². The second kappa shape index (κ2) is 3.01. The molecule has 0 saturated carbocycles. The summed E-state index contributed by atoms with van der Waals surface area (Å²) in [5.41, 5.74) is -0.0126. The van der Waals surface area contributed by atoms with Crippen LogP contribution in [0, 0.1) is 17.5 Å². The Morgan fingerprint density at radius 2 is 1.58 bits per heavy atom. The Hall–Kier alpha value is -1.25. The van der Waals surface area contributed by atoms with Crippen molar-refractivity contribution in [2.24, 2.45) is 0 Å². The topological polar surface area (TPSA) is 0 Å². The Morgan fingerprint density at radius 3 is 1.92 bits per heavy atom. The average molecular weight is 172 g/mol. The third kappa shape index (κ3) is 1.49. The smallest absolute Gasteiger partial charge is 0.136 e. The van der Waals surface area contributed by atoms with Gasteiger partial charge in [0.25, 0.3) is 0 Å². The summed E-state index contributed by atoms with van der Waals surface area (Å²) in [6.07, 6.45) is 0. The fourth-order valence-electron chi connectivity index (χ4n) is 0.950. The van der Waals surface area contributed by atoms with Crippen LogP contribution in [0.5, 0.6) is 0 Å². The van der Waals surface area contributed by atoms with Crippen molar-refractivity contribution in [3.8, 4) is 0 Å². The summed E-state index contributed by atoms with van der Waals surface area (Å²) in [7, 11) is 0. The number of hydrogen-bond acceptors (Lipinski definition) is 0. The number of rotatable bonds is 1. The molecule has 0 spiro atoms. The standard InChI is InChI=1S/C9H7F3/c1-5(2)9-7(11)3-6(10)4-8(9)12/h3-4H,1H2,2H3. The molecular weight excluding hydrogens is 165 g/mol. The number of hydrogen-bond donors (Lipinski definition) is 0. The van der Waals surface area contributed by atoms with Gasteiger partial charge in [0.2, 0.25) is 0 Å². The van der Waals surface area contributed by atoms with E-state index in [2.05, 4.69) is 6.58 Å². The number of allylic oxidation sites excluding steroid dienone is 1. The molecule has 64 valence electrons. The van der Waals surface area contributed by atoms with E-state index in [-0.39, 0.29) is 11.1 Å².